The van der Waals surface area contributed by atoms with Gasteiger partial charge in [0.05, 0.1) is 12.6 Å². The van der Waals surface area contributed by atoms with E-state index >= 15 is 0 Å². The van der Waals surface area contributed by atoms with Crippen LogP contribution in [0.3, 0.4) is 0 Å². The zero-order chi connectivity index (χ0) is 14.4. The largest absolute Gasteiger partial charge is 0.392 e. The van der Waals surface area contributed by atoms with Crippen molar-refractivity contribution in [2.75, 3.05) is 32.7 Å². The number of aliphatic hydroxyl groups is 1. The number of amides is 1. The zero-order valence-corrected chi connectivity index (χ0v) is 12.9. The van der Waals surface area contributed by atoms with Gasteiger partial charge in [-0.1, -0.05) is 27.7 Å². The molecule has 4 nitrogen and oxygen atoms in total. The molecule has 1 unspecified atom stereocenters. The maximum absolute atomic E-state index is 12.4. The molecule has 1 rings (SSSR count). The normalized spacial score (nSPS) is 21.1. The maximum Gasteiger partial charge on any atom is 0.236 e. The number of hydrogen-bond donors (Lipinski definition) is 1. The molecule has 1 saturated heterocycles. The Morgan fingerprint density at radius 3 is 2.32 bits per heavy atom. The summed E-state index contributed by atoms with van der Waals surface area (Å²) in [5.41, 5.74) is 0. The lowest BCUT2D eigenvalue weighted by Gasteiger charge is -2.33. The summed E-state index contributed by atoms with van der Waals surface area (Å²) in [6.45, 7) is 12.3. The van der Waals surface area contributed by atoms with Gasteiger partial charge in [0.1, 0.15) is 0 Å². The third kappa shape index (κ3) is 6.39. The first kappa shape index (κ1) is 16.4. The first-order chi connectivity index (χ1) is 8.88. The molecule has 1 atom stereocenters. The van der Waals surface area contributed by atoms with Gasteiger partial charge in [0, 0.05) is 19.6 Å². The van der Waals surface area contributed by atoms with Gasteiger partial charge >= 0.3 is 0 Å². The maximum atomic E-state index is 12.4. The first-order valence-corrected chi connectivity index (χ1v) is 7.56. The van der Waals surface area contributed by atoms with Crippen LogP contribution in [-0.2, 0) is 4.79 Å². The van der Waals surface area contributed by atoms with Crippen molar-refractivity contribution in [2.45, 2.75) is 46.6 Å². The molecule has 4 heteroatoms. The number of carbonyl (C=O) groups excluding carboxylic acids is 1. The average molecular weight is 270 g/mol. The Morgan fingerprint density at radius 2 is 1.84 bits per heavy atom. The Kier molecular flexibility index (Phi) is 6.80. The summed E-state index contributed by atoms with van der Waals surface area (Å²) >= 11 is 0. The standard InChI is InChI=1S/C15H30N2O2/c1-12(2)8-17(9-13(3)4)15(19)11-16-7-5-6-14(18)10-16/h12-14,18H,5-11H2,1-4H3. The van der Waals surface area contributed by atoms with Crippen molar-refractivity contribution in [1.82, 2.24) is 9.80 Å². The van der Waals surface area contributed by atoms with E-state index in [4.69, 9.17) is 0 Å². The van der Waals surface area contributed by atoms with Crippen LogP contribution in [0.1, 0.15) is 40.5 Å². The molecule has 1 aliphatic rings. The molecule has 0 aliphatic carbocycles. The number of piperidine rings is 1. The monoisotopic (exact) mass is 270 g/mol. The average Bonchev–Trinajstić information content (AvgIpc) is 2.26. The topological polar surface area (TPSA) is 43.8 Å². The molecule has 0 aromatic carbocycles. The second-order valence-corrected chi connectivity index (χ2v) is 6.62. The van der Waals surface area contributed by atoms with E-state index in [1.54, 1.807) is 0 Å². The highest BCUT2D eigenvalue weighted by Gasteiger charge is 2.23. The van der Waals surface area contributed by atoms with E-state index in [9.17, 15) is 9.90 Å². The van der Waals surface area contributed by atoms with Gasteiger partial charge in [-0.3, -0.25) is 9.69 Å². The Balaban J connectivity index is 2.50. The van der Waals surface area contributed by atoms with Crippen molar-refractivity contribution in [3.05, 3.63) is 0 Å². The lowest BCUT2D eigenvalue weighted by molar-refractivity contribution is -0.134. The summed E-state index contributed by atoms with van der Waals surface area (Å²) in [6.07, 6.45) is 1.60. The Labute approximate surface area is 117 Å². The van der Waals surface area contributed by atoms with Crippen LogP contribution < -0.4 is 0 Å². The van der Waals surface area contributed by atoms with E-state index < -0.39 is 0 Å². The third-order valence-corrected chi connectivity index (χ3v) is 3.36. The number of carbonyl (C=O) groups is 1. The fraction of sp³-hybridized carbons (Fsp3) is 0.933. The molecule has 19 heavy (non-hydrogen) atoms. The van der Waals surface area contributed by atoms with Crippen LogP contribution >= 0.6 is 0 Å². The fourth-order valence-electron chi connectivity index (χ4n) is 2.63. The van der Waals surface area contributed by atoms with Gasteiger partial charge in [-0.15, -0.1) is 0 Å². The Morgan fingerprint density at radius 1 is 1.26 bits per heavy atom. The molecule has 0 radical (unpaired) electrons. The van der Waals surface area contributed by atoms with Crippen molar-refractivity contribution in [2.24, 2.45) is 11.8 Å². The number of β-amino-alcohol motifs (C(OH)–C–C–N with tert-alkyl or cyclic N) is 1. The van der Waals surface area contributed by atoms with Gasteiger partial charge in [-0.2, -0.15) is 0 Å². The lowest BCUT2D eigenvalue weighted by atomic mass is 10.1. The van der Waals surface area contributed by atoms with Crippen LogP contribution in [0.15, 0.2) is 0 Å². The van der Waals surface area contributed by atoms with E-state index in [0.29, 0.717) is 24.9 Å². The van der Waals surface area contributed by atoms with E-state index in [2.05, 4.69) is 32.6 Å². The van der Waals surface area contributed by atoms with Gasteiger partial charge in [-0.25, -0.2) is 0 Å². The smallest absolute Gasteiger partial charge is 0.236 e. The molecule has 0 saturated carbocycles. The second kappa shape index (κ2) is 7.85. The van der Waals surface area contributed by atoms with E-state index in [0.717, 1.165) is 32.5 Å². The van der Waals surface area contributed by atoms with Crippen molar-refractivity contribution in [3.63, 3.8) is 0 Å². The predicted molar refractivity (Wildman–Crippen MR) is 77.9 cm³/mol. The van der Waals surface area contributed by atoms with Crippen LogP contribution in [0.4, 0.5) is 0 Å². The molecule has 1 fully saturated rings. The number of likely N-dealkylation sites (tertiary alicyclic amines) is 1. The minimum atomic E-state index is -0.259. The van der Waals surface area contributed by atoms with Crippen molar-refractivity contribution in [3.8, 4) is 0 Å². The number of nitrogens with zero attached hydrogens (tertiary/aromatic N) is 2. The summed E-state index contributed by atoms with van der Waals surface area (Å²) < 4.78 is 0. The molecule has 0 aromatic heterocycles. The molecule has 0 bridgehead atoms. The molecule has 1 amide bonds. The van der Waals surface area contributed by atoms with Crippen LogP contribution in [0.5, 0.6) is 0 Å². The molecule has 1 N–H and O–H groups in total. The highest BCUT2D eigenvalue weighted by atomic mass is 16.3. The number of rotatable bonds is 6. The predicted octanol–water partition coefficient (Wildman–Crippen LogP) is 1.58. The van der Waals surface area contributed by atoms with E-state index in [1.165, 1.54) is 0 Å². The first-order valence-electron chi connectivity index (χ1n) is 7.56. The summed E-state index contributed by atoms with van der Waals surface area (Å²) in [4.78, 5) is 16.5. The highest BCUT2D eigenvalue weighted by molar-refractivity contribution is 5.78. The zero-order valence-electron chi connectivity index (χ0n) is 12.9. The van der Waals surface area contributed by atoms with Crippen LogP contribution in [0.25, 0.3) is 0 Å². The molecule has 0 spiro atoms. The number of aliphatic hydroxyl groups excluding tert-OH is 1. The summed E-state index contributed by atoms with van der Waals surface area (Å²) in [7, 11) is 0. The van der Waals surface area contributed by atoms with E-state index in [-0.39, 0.29) is 12.0 Å². The third-order valence-electron chi connectivity index (χ3n) is 3.36. The van der Waals surface area contributed by atoms with Gasteiger partial charge in [-0.05, 0) is 31.2 Å². The second-order valence-electron chi connectivity index (χ2n) is 6.62. The highest BCUT2D eigenvalue weighted by Crippen LogP contribution is 2.11. The molecule has 1 heterocycles. The van der Waals surface area contributed by atoms with Crippen molar-refractivity contribution < 1.29 is 9.90 Å². The van der Waals surface area contributed by atoms with Crippen LogP contribution in [-0.4, -0.2) is 59.6 Å². The minimum Gasteiger partial charge on any atom is -0.392 e. The quantitative estimate of drug-likeness (QED) is 0.797. The van der Waals surface area contributed by atoms with E-state index in [1.807, 2.05) is 4.90 Å². The molecule has 1 aliphatic heterocycles. The van der Waals surface area contributed by atoms with Crippen molar-refractivity contribution >= 4 is 5.91 Å². The molecule has 112 valence electrons. The minimum absolute atomic E-state index is 0.205. The van der Waals surface area contributed by atoms with Gasteiger partial charge in [0.25, 0.3) is 0 Å². The molecule has 0 aromatic rings. The fourth-order valence-corrected chi connectivity index (χ4v) is 2.63. The van der Waals surface area contributed by atoms with Crippen LogP contribution in [0.2, 0.25) is 0 Å². The van der Waals surface area contributed by atoms with Crippen LogP contribution in [0, 0.1) is 11.8 Å². The van der Waals surface area contributed by atoms with Gasteiger partial charge in [0.15, 0.2) is 0 Å². The van der Waals surface area contributed by atoms with Crippen molar-refractivity contribution in [1.29, 1.82) is 0 Å². The molecular formula is C15H30N2O2. The summed E-state index contributed by atoms with van der Waals surface area (Å²) in [5, 5.41) is 9.66. The summed E-state index contributed by atoms with van der Waals surface area (Å²) in [6, 6.07) is 0. The Bertz CT molecular complexity index is 269. The van der Waals surface area contributed by atoms with Gasteiger partial charge < -0.3 is 10.0 Å². The number of hydrogen-bond acceptors (Lipinski definition) is 3. The van der Waals surface area contributed by atoms with Gasteiger partial charge in [0.2, 0.25) is 5.91 Å². The lowest BCUT2D eigenvalue weighted by Crippen LogP contribution is -2.47. The Hall–Kier alpha value is -0.610. The SMILES string of the molecule is CC(C)CN(CC(C)C)C(=O)CN1CCCC(O)C1. The summed E-state index contributed by atoms with van der Waals surface area (Å²) in [5.74, 6) is 1.20. The molecular weight excluding hydrogens is 240 g/mol.